The molecular weight excluding hydrogens is 308 g/mol. The predicted molar refractivity (Wildman–Crippen MR) is 81.8 cm³/mol. The smallest absolute Gasteiger partial charge is 0.374 e. The van der Waals surface area contributed by atoms with Crippen molar-refractivity contribution in [2.75, 3.05) is 6.61 Å². The minimum Gasteiger partial charge on any atom is -0.374 e. The Kier molecular flexibility index (Phi) is 5.63. The number of hydrogen-bond donors (Lipinski definition) is 0. The Hall–Kier alpha value is -1.62. The van der Waals surface area contributed by atoms with Gasteiger partial charge >= 0.3 is 6.18 Å². The van der Waals surface area contributed by atoms with Crippen LogP contribution in [0.5, 0.6) is 0 Å². The molecule has 126 valence electrons. The first-order valence-corrected chi connectivity index (χ1v) is 7.62. The van der Waals surface area contributed by atoms with E-state index in [2.05, 4.69) is 13.2 Å². The quantitative estimate of drug-likeness (QED) is 0.518. The molecule has 2 rings (SSSR count). The maximum Gasteiger partial charge on any atom is 0.419 e. The molecule has 1 nitrogen and oxygen atoms in total. The molecule has 1 aromatic rings. The standard InChI is InChI=1S/C18H20F4O/c1-3-5-6-12-8-10-15(16(17(12)19)18(20,21)22)13-7-9-14(4-2)23-11-13/h3-4,8,10,13-14H,1-2,5-7,9,11H2. The fourth-order valence-corrected chi connectivity index (χ4v) is 2.92. The summed E-state index contributed by atoms with van der Waals surface area (Å²) in [6.45, 7) is 7.28. The van der Waals surface area contributed by atoms with Gasteiger partial charge in [0.15, 0.2) is 0 Å². The van der Waals surface area contributed by atoms with E-state index in [1.807, 2.05) is 0 Å². The predicted octanol–water partition coefficient (Wildman–Crippen LogP) is 5.41. The van der Waals surface area contributed by atoms with E-state index in [1.54, 1.807) is 12.2 Å². The summed E-state index contributed by atoms with van der Waals surface area (Å²) in [6, 6.07) is 2.84. The van der Waals surface area contributed by atoms with Crippen molar-refractivity contribution in [1.82, 2.24) is 0 Å². The van der Waals surface area contributed by atoms with Crippen LogP contribution in [0.15, 0.2) is 37.4 Å². The minimum atomic E-state index is -4.72. The lowest BCUT2D eigenvalue weighted by atomic mass is 9.86. The van der Waals surface area contributed by atoms with Crippen LogP contribution in [-0.2, 0) is 17.3 Å². The van der Waals surface area contributed by atoms with Crippen molar-refractivity contribution in [3.8, 4) is 0 Å². The van der Waals surface area contributed by atoms with Crippen molar-refractivity contribution in [1.29, 1.82) is 0 Å². The topological polar surface area (TPSA) is 9.23 Å². The van der Waals surface area contributed by atoms with Gasteiger partial charge in [0.05, 0.1) is 18.3 Å². The van der Waals surface area contributed by atoms with Crippen LogP contribution in [-0.4, -0.2) is 12.7 Å². The van der Waals surface area contributed by atoms with Crippen LogP contribution < -0.4 is 0 Å². The van der Waals surface area contributed by atoms with E-state index in [0.717, 1.165) is 0 Å². The Bertz CT molecular complexity index is 569. The lowest BCUT2D eigenvalue weighted by Crippen LogP contribution is -2.25. The molecule has 2 unspecified atom stereocenters. The number of ether oxygens (including phenoxy) is 1. The molecule has 0 aliphatic carbocycles. The first-order chi connectivity index (χ1) is 10.9. The van der Waals surface area contributed by atoms with Crippen LogP contribution in [0.2, 0.25) is 0 Å². The molecule has 0 N–H and O–H groups in total. The van der Waals surface area contributed by atoms with Gasteiger partial charge in [0.2, 0.25) is 0 Å². The zero-order chi connectivity index (χ0) is 17.0. The molecule has 5 heteroatoms. The summed E-state index contributed by atoms with van der Waals surface area (Å²) in [6.07, 6.45) is 0.0806. The van der Waals surface area contributed by atoms with Crippen LogP contribution in [0.4, 0.5) is 17.6 Å². The third-order valence-electron chi connectivity index (χ3n) is 4.17. The maximum atomic E-state index is 14.4. The number of rotatable bonds is 5. The maximum absolute atomic E-state index is 14.4. The zero-order valence-corrected chi connectivity index (χ0v) is 12.8. The summed E-state index contributed by atoms with van der Waals surface area (Å²) >= 11 is 0. The second kappa shape index (κ2) is 7.30. The van der Waals surface area contributed by atoms with Crippen molar-refractivity contribution < 1.29 is 22.3 Å². The summed E-state index contributed by atoms with van der Waals surface area (Å²) in [5.74, 6) is -1.62. The van der Waals surface area contributed by atoms with Gasteiger partial charge in [0, 0.05) is 5.92 Å². The Morgan fingerprint density at radius 3 is 2.48 bits per heavy atom. The highest BCUT2D eigenvalue weighted by molar-refractivity contribution is 5.39. The Morgan fingerprint density at radius 1 is 1.22 bits per heavy atom. The van der Waals surface area contributed by atoms with Crippen molar-refractivity contribution in [3.63, 3.8) is 0 Å². The molecule has 0 aromatic heterocycles. The number of alkyl halides is 3. The van der Waals surface area contributed by atoms with Gasteiger partial charge in [-0.05, 0) is 36.8 Å². The van der Waals surface area contributed by atoms with E-state index < -0.39 is 23.5 Å². The molecule has 1 heterocycles. The van der Waals surface area contributed by atoms with Crippen LogP contribution in [0.1, 0.15) is 41.9 Å². The molecule has 1 aromatic carbocycles. The molecule has 2 atom stereocenters. The van der Waals surface area contributed by atoms with E-state index >= 15 is 0 Å². The van der Waals surface area contributed by atoms with Crippen LogP contribution in [0.3, 0.4) is 0 Å². The molecule has 1 aliphatic rings. The second-order valence-electron chi connectivity index (χ2n) is 5.71. The molecule has 23 heavy (non-hydrogen) atoms. The Balaban J connectivity index is 2.37. The minimum absolute atomic E-state index is 0.0140. The van der Waals surface area contributed by atoms with Gasteiger partial charge in [-0.2, -0.15) is 13.2 Å². The van der Waals surface area contributed by atoms with Gasteiger partial charge in [-0.15, -0.1) is 13.2 Å². The normalized spacial score (nSPS) is 21.9. The molecule has 0 spiro atoms. The number of hydrogen-bond acceptors (Lipinski definition) is 1. The first-order valence-electron chi connectivity index (χ1n) is 7.62. The lowest BCUT2D eigenvalue weighted by molar-refractivity contribution is -0.141. The molecule has 0 radical (unpaired) electrons. The number of aryl methyl sites for hydroxylation is 1. The number of allylic oxidation sites excluding steroid dienone is 1. The molecule has 1 saturated heterocycles. The summed E-state index contributed by atoms with van der Waals surface area (Å²) < 4.78 is 60.1. The fraction of sp³-hybridized carbons (Fsp3) is 0.444. The second-order valence-corrected chi connectivity index (χ2v) is 5.71. The van der Waals surface area contributed by atoms with E-state index in [-0.39, 0.29) is 30.3 Å². The third-order valence-corrected chi connectivity index (χ3v) is 4.17. The summed E-state index contributed by atoms with van der Waals surface area (Å²) in [5, 5.41) is 0. The summed E-state index contributed by atoms with van der Waals surface area (Å²) in [7, 11) is 0. The zero-order valence-electron chi connectivity index (χ0n) is 12.8. The van der Waals surface area contributed by atoms with Gasteiger partial charge in [0.25, 0.3) is 0 Å². The molecule has 0 bridgehead atoms. The molecule has 1 fully saturated rings. The van der Waals surface area contributed by atoms with Gasteiger partial charge in [-0.3, -0.25) is 0 Å². The highest BCUT2D eigenvalue weighted by Gasteiger charge is 2.40. The Morgan fingerprint density at radius 2 is 1.96 bits per heavy atom. The van der Waals surface area contributed by atoms with Crippen molar-refractivity contribution in [2.24, 2.45) is 0 Å². The lowest BCUT2D eigenvalue weighted by Gasteiger charge is -2.29. The highest BCUT2D eigenvalue weighted by Crippen LogP contribution is 2.41. The summed E-state index contributed by atoms with van der Waals surface area (Å²) in [4.78, 5) is 0. The molecule has 0 amide bonds. The monoisotopic (exact) mass is 328 g/mol. The summed E-state index contributed by atoms with van der Waals surface area (Å²) in [5.41, 5.74) is -1.09. The van der Waals surface area contributed by atoms with Gasteiger partial charge in [0.1, 0.15) is 5.82 Å². The largest absolute Gasteiger partial charge is 0.419 e. The van der Waals surface area contributed by atoms with E-state index in [9.17, 15) is 17.6 Å². The van der Waals surface area contributed by atoms with E-state index in [4.69, 9.17) is 4.74 Å². The fourth-order valence-electron chi connectivity index (χ4n) is 2.92. The van der Waals surface area contributed by atoms with E-state index in [1.165, 1.54) is 12.1 Å². The average molecular weight is 328 g/mol. The number of halogens is 4. The highest BCUT2D eigenvalue weighted by atomic mass is 19.4. The average Bonchev–Trinajstić information content (AvgIpc) is 2.52. The number of benzene rings is 1. The SMILES string of the molecule is C=CCCc1ccc(C2CCC(C=C)OC2)c(C(F)(F)F)c1F. The van der Waals surface area contributed by atoms with Crippen molar-refractivity contribution >= 4 is 0 Å². The van der Waals surface area contributed by atoms with Crippen molar-refractivity contribution in [2.45, 2.75) is 43.9 Å². The van der Waals surface area contributed by atoms with Crippen LogP contribution in [0, 0.1) is 5.82 Å². The first kappa shape index (κ1) is 17.7. The van der Waals surface area contributed by atoms with Gasteiger partial charge in [-0.25, -0.2) is 4.39 Å². The van der Waals surface area contributed by atoms with E-state index in [0.29, 0.717) is 19.3 Å². The third kappa shape index (κ3) is 4.02. The Labute approximate surface area is 133 Å². The van der Waals surface area contributed by atoms with Gasteiger partial charge in [-0.1, -0.05) is 24.3 Å². The molecular formula is C18H20F4O. The van der Waals surface area contributed by atoms with Gasteiger partial charge < -0.3 is 4.74 Å². The van der Waals surface area contributed by atoms with Crippen LogP contribution >= 0.6 is 0 Å². The molecule has 0 saturated carbocycles. The molecule has 1 aliphatic heterocycles. The van der Waals surface area contributed by atoms with Crippen molar-refractivity contribution in [3.05, 3.63) is 60.0 Å². The van der Waals surface area contributed by atoms with Crippen LogP contribution in [0.25, 0.3) is 0 Å².